The van der Waals surface area contributed by atoms with Crippen LogP contribution in [0.3, 0.4) is 0 Å². The number of ether oxygens (including phenoxy) is 1. The van der Waals surface area contributed by atoms with Crippen LogP contribution in [0.25, 0.3) is 11.3 Å². The Kier molecular flexibility index (Phi) is 4.01. The monoisotopic (exact) mass is 332 g/mol. The quantitative estimate of drug-likeness (QED) is 0.761. The average molecular weight is 333 g/mol. The molecule has 0 radical (unpaired) electrons. The highest BCUT2D eigenvalue weighted by molar-refractivity contribution is 9.10. The molecule has 1 saturated carbocycles. The highest BCUT2D eigenvalue weighted by Gasteiger charge is 2.23. The highest BCUT2D eigenvalue weighted by atomic mass is 79.9. The lowest BCUT2D eigenvalue weighted by Gasteiger charge is -2.08. The van der Waals surface area contributed by atoms with Gasteiger partial charge in [0.1, 0.15) is 16.2 Å². The number of nitrogens with zero attached hydrogens (tertiary/aromatic N) is 2. The molecular formula is C16H17BrN2O. The third-order valence-corrected chi connectivity index (χ3v) is 3.58. The van der Waals surface area contributed by atoms with Crippen LogP contribution in [0, 0.1) is 0 Å². The summed E-state index contributed by atoms with van der Waals surface area (Å²) in [5.41, 5.74) is 2.01. The topological polar surface area (TPSA) is 35.0 Å². The maximum Gasteiger partial charge on any atom is 0.130 e. The molecule has 1 aromatic heterocycles. The van der Waals surface area contributed by atoms with E-state index in [1.54, 1.807) is 0 Å². The van der Waals surface area contributed by atoms with E-state index in [0.29, 0.717) is 6.10 Å². The Hall–Kier alpha value is -1.42. The second-order valence-electron chi connectivity index (χ2n) is 5.09. The van der Waals surface area contributed by atoms with Gasteiger partial charge in [-0.1, -0.05) is 19.1 Å². The lowest BCUT2D eigenvalue weighted by atomic mass is 10.1. The second-order valence-corrected chi connectivity index (χ2v) is 5.90. The van der Waals surface area contributed by atoms with Crippen LogP contribution in [-0.4, -0.2) is 16.1 Å². The van der Waals surface area contributed by atoms with Crippen LogP contribution in [0.5, 0.6) is 5.75 Å². The molecule has 0 spiro atoms. The number of halogens is 1. The van der Waals surface area contributed by atoms with Crippen LogP contribution in [0.2, 0.25) is 0 Å². The molecule has 1 fully saturated rings. The van der Waals surface area contributed by atoms with Crippen molar-refractivity contribution in [2.24, 2.45) is 0 Å². The second kappa shape index (κ2) is 5.92. The SMILES string of the molecule is CCCc1nc(Br)cc(-c2cccc(OC3CC3)c2)n1. The van der Waals surface area contributed by atoms with Gasteiger partial charge in [-0.3, -0.25) is 0 Å². The Bertz CT molecular complexity index is 611. The Balaban J connectivity index is 1.90. The van der Waals surface area contributed by atoms with Crippen molar-refractivity contribution < 1.29 is 4.74 Å². The van der Waals surface area contributed by atoms with Gasteiger partial charge >= 0.3 is 0 Å². The normalized spacial score (nSPS) is 14.3. The zero-order chi connectivity index (χ0) is 13.9. The van der Waals surface area contributed by atoms with Crippen molar-refractivity contribution in [2.45, 2.75) is 38.7 Å². The number of hydrogen-bond donors (Lipinski definition) is 0. The van der Waals surface area contributed by atoms with Gasteiger partial charge in [-0.25, -0.2) is 9.97 Å². The maximum absolute atomic E-state index is 5.84. The highest BCUT2D eigenvalue weighted by Crippen LogP contribution is 2.29. The first-order chi connectivity index (χ1) is 9.74. The standard InChI is InChI=1S/C16H17BrN2O/c1-2-4-16-18-14(10-15(17)19-16)11-5-3-6-13(9-11)20-12-7-8-12/h3,5-6,9-10,12H,2,4,7-8H2,1H3. The van der Waals surface area contributed by atoms with Crippen LogP contribution in [-0.2, 0) is 6.42 Å². The number of aryl methyl sites for hydroxylation is 1. The molecule has 3 rings (SSSR count). The van der Waals surface area contributed by atoms with Gasteiger partial charge in [0.2, 0.25) is 0 Å². The molecule has 0 atom stereocenters. The summed E-state index contributed by atoms with van der Waals surface area (Å²) in [4.78, 5) is 9.04. The van der Waals surface area contributed by atoms with E-state index in [2.05, 4.69) is 45.0 Å². The van der Waals surface area contributed by atoms with Crippen LogP contribution in [0.4, 0.5) is 0 Å². The first kappa shape index (κ1) is 13.6. The van der Waals surface area contributed by atoms with Crippen molar-refractivity contribution in [2.75, 3.05) is 0 Å². The summed E-state index contributed by atoms with van der Waals surface area (Å²) in [6.45, 7) is 2.13. The molecular weight excluding hydrogens is 316 g/mol. The predicted molar refractivity (Wildman–Crippen MR) is 82.8 cm³/mol. The van der Waals surface area contributed by atoms with Crippen molar-refractivity contribution in [1.82, 2.24) is 9.97 Å². The van der Waals surface area contributed by atoms with E-state index in [1.165, 1.54) is 12.8 Å². The van der Waals surface area contributed by atoms with Crippen LogP contribution >= 0.6 is 15.9 Å². The third kappa shape index (κ3) is 3.37. The van der Waals surface area contributed by atoms with E-state index in [9.17, 15) is 0 Å². The van der Waals surface area contributed by atoms with Crippen molar-refractivity contribution in [3.63, 3.8) is 0 Å². The van der Waals surface area contributed by atoms with E-state index < -0.39 is 0 Å². The molecule has 1 aliphatic carbocycles. The Labute approximate surface area is 127 Å². The van der Waals surface area contributed by atoms with Crippen molar-refractivity contribution >= 4 is 15.9 Å². The molecule has 2 aromatic rings. The van der Waals surface area contributed by atoms with Crippen molar-refractivity contribution in [3.8, 4) is 17.0 Å². The van der Waals surface area contributed by atoms with Gasteiger partial charge in [0.15, 0.2) is 0 Å². The molecule has 0 unspecified atom stereocenters. The van der Waals surface area contributed by atoms with E-state index in [-0.39, 0.29) is 0 Å². The molecule has 4 heteroatoms. The first-order valence-corrected chi connectivity index (χ1v) is 7.84. The number of rotatable bonds is 5. The van der Waals surface area contributed by atoms with Gasteiger partial charge in [0.05, 0.1) is 11.8 Å². The van der Waals surface area contributed by atoms with Gasteiger partial charge in [-0.05, 0) is 53.4 Å². The molecule has 0 amide bonds. The van der Waals surface area contributed by atoms with E-state index >= 15 is 0 Å². The minimum atomic E-state index is 0.415. The average Bonchev–Trinajstić information content (AvgIpc) is 3.23. The minimum Gasteiger partial charge on any atom is -0.490 e. The van der Waals surface area contributed by atoms with E-state index in [1.807, 2.05) is 18.2 Å². The summed E-state index contributed by atoms with van der Waals surface area (Å²) in [6, 6.07) is 10.1. The van der Waals surface area contributed by atoms with Gasteiger partial charge in [-0.2, -0.15) is 0 Å². The van der Waals surface area contributed by atoms with Gasteiger partial charge in [0.25, 0.3) is 0 Å². The Morgan fingerprint density at radius 3 is 2.85 bits per heavy atom. The zero-order valence-electron chi connectivity index (χ0n) is 11.5. The van der Waals surface area contributed by atoms with E-state index in [4.69, 9.17) is 4.74 Å². The van der Waals surface area contributed by atoms with Crippen LogP contribution < -0.4 is 4.74 Å². The number of hydrogen-bond acceptors (Lipinski definition) is 3. The molecule has 20 heavy (non-hydrogen) atoms. The molecule has 1 aromatic carbocycles. The molecule has 0 saturated heterocycles. The zero-order valence-corrected chi connectivity index (χ0v) is 13.1. The van der Waals surface area contributed by atoms with Gasteiger partial charge in [0, 0.05) is 12.0 Å². The minimum absolute atomic E-state index is 0.415. The molecule has 0 bridgehead atoms. The molecule has 3 nitrogen and oxygen atoms in total. The lowest BCUT2D eigenvalue weighted by Crippen LogP contribution is -1.98. The Morgan fingerprint density at radius 1 is 1.25 bits per heavy atom. The van der Waals surface area contributed by atoms with Crippen molar-refractivity contribution in [1.29, 1.82) is 0 Å². The summed E-state index contributed by atoms with van der Waals surface area (Å²) >= 11 is 3.47. The van der Waals surface area contributed by atoms with Crippen molar-refractivity contribution in [3.05, 3.63) is 40.8 Å². The lowest BCUT2D eigenvalue weighted by molar-refractivity contribution is 0.303. The molecule has 1 aliphatic rings. The molecule has 104 valence electrons. The van der Waals surface area contributed by atoms with Crippen LogP contribution in [0.15, 0.2) is 34.9 Å². The van der Waals surface area contributed by atoms with E-state index in [0.717, 1.165) is 40.3 Å². The summed E-state index contributed by atoms with van der Waals surface area (Å²) < 4.78 is 6.67. The van der Waals surface area contributed by atoms with Gasteiger partial charge in [-0.15, -0.1) is 0 Å². The maximum atomic E-state index is 5.84. The number of benzene rings is 1. The van der Waals surface area contributed by atoms with Crippen LogP contribution in [0.1, 0.15) is 32.0 Å². The van der Waals surface area contributed by atoms with Gasteiger partial charge < -0.3 is 4.74 Å². The predicted octanol–water partition coefficient (Wildman–Crippen LogP) is 4.40. The first-order valence-electron chi connectivity index (χ1n) is 7.05. The smallest absolute Gasteiger partial charge is 0.130 e. The summed E-state index contributed by atoms with van der Waals surface area (Å²) in [7, 11) is 0. The summed E-state index contributed by atoms with van der Waals surface area (Å²) in [5.74, 6) is 1.81. The molecule has 0 aliphatic heterocycles. The number of aromatic nitrogens is 2. The fraction of sp³-hybridized carbons (Fsp3) is 0.375. The molecule has 1 heterocycles. The third-order valence-electron chi connectivity index (χ3n) is 3.17. The fourth-order valence-electron chi connectivity index (χ4n) is 2.06. The Morgan fingerprint density at radius 2 is 2.10 bits per heavy atom. The molecule has 0 N–H and O–H groups in total. The summed E-state index contributed by atoms with van der Waals surface area (Å²) in [5, 5.41) is 0. The largest absolute Gasteiger partial charge is 0.490 e. The fourth-order valence-corrected chi connectivity index (χ4v) is 2.48. The summed E-state index contributed by atoms with van der Waals surface area (Å²) in [6.07, 6.45) is 4.69.